The van der Waals surface area contributed by atoms with Gasteiger partial charge in [-0.1, -0.05) is 46.9 Å². The van der Waals surface area contributed by atoms with Crippen LogP contribution in [0.3, 0.4) is 0 Å². The molecule has 4 nitrogen and oxygen atoms in total. The summed E-state index contributed by atoms with van der Waals surface area (Å²) in [7, 11) is 0. The first-order valence-electron chi connectivity index (χ1n) is 4.16. The lowest BCUT2D eigenvalue weighted by Gasteiger charge is -2.20. The summed E-state index contributed by atoms with van der Waals surface area (Å²) >= 11 is 16.1. The van der Waals surface area contributed by atoms with E-state index < -0.39 is 15.9 Å². The van der Waals surface area contributed by atoms with Crippen LogP contribution < -0.4 is 5.32 Å². The first kappa shape index (κ1) is 13.4. The fourth-order valence-electron chi connectivity index (χ4n) is 0.949. The Bertz CT molecular complexity index is 392. The van der Waals surface area contributed by atoms with Crippen LogP contribution in [-0.4, -0.2) is 26.1 Å². The van der Waals surface area contributed by atoms with Crippen LogP contribution in [0.5, 0.6) is 5.75 Å². The van der Waals surface area contributed by atoms with Crippen molar-refractivity contribution in [3.05, 3.63) is 29.8 Å². The Morgan fingerprint density at radius 3 is 2.38 bits per heavy atom. The van der Waals surface area contributed by atoms with Crippen LogP contribution in [0.1, 0.15) is 10.4 Å². The van der Waals surface area contributed by atoms with Crippen LogP contribution in [0.15, 0.2) is 24.3 Å². The van der Waals surface area contributed by atoms with Crippen molar-refractivity contribution in [3.63, 3.8) is 0 Å². The van der Waals surface area contributed by atoms with E-state index >= 15 is 0 Å². The molecular formula is C9H8Cl3NO3. The summed E-state index contributed by atoms with van der Waals surface area (Å²) in [6.07, 6.45) is -1.66. The highest BCUT2D eigenvalue weighted by molar-refractivity contribution is 6.68. The molecule has 1 rings (SSSR count). The minimum Gasteiger partial charge on any atom is -0.507 e. The third-order valence-electron chi connectivity index (χ3n) is 1.73. The number of phenolic OH excluding ortho intramolecular Hbond substituents is 1. The van der Waals surface area contributed by atoms with Gasteiger partial charge in [-0.25, -0.2) is 0 Å². The largest absolute Gasteiger partial charge is 0.507 e. The van der Waals surface area contributed by atoms with Crippen molar-refractivity contribution in [2.24, 2.45) is 0 Å². The van der Waals surface area contributed by atoms with E-state index in [9.17, 15) is 15.0 Å². The summed E-state index contributed by atoms with van der Waals surface area (Å²) in [4.78, 5) is 11.5. The molecule has 0 unspecified atom stereocenters. The number of hydrogen-bond donors (Lipinski definition) is 3. The number of aliphatic hydroxyl groups is 1. The van der Waals surface area contributed by atoms with Crippen molar-refractivity contribution in [1.29, 1.82) is 0 Å². The Balaban J connectivity index is 2.78. The summed E-state index contributed by atoms with van der Waals surface area (Å²) in [5, 5.41) is 20.7. The molecule has 1 amide bonds. The highest BCUT2D eigenvalue weighted by Gasteiger charge is 2.32. The molecule has 0 saturated carbocycles. The van der Waals surface area contributed by atoms with Gasteiger partial charge in [-0.3, -0.25) is 4.79 Å². The molecule has 0 heterocycles. The second-order valence-electron chi connectivity index (χ2n) is 2.93. The van der Waals surface area contributed by atoms with Crippen LogP contribution in [0.2, 0.25) is 0 Å². The number of nitrogens with one attached hydrogen (secondary N) is 1. The second-order valence-corrected chi connectivity index (χ2v) is 5.30. The molecule has 16 heavy (non-hydrogen) atoms. The summed E-state index contributed by atoms with van der Waals surface area (Å²) in [5.74, 6) is -0.964. The van der Waals surface area contributed by atoms with Gasteiger partial charge >= 0.3 is 0 Å². The SMILES string of the molecule is O=C(N[C@H](O)C(Cl)(Cl)Cl)c1ccccc1O. The maximum Gasteiger partial charge on any atom is 0.257 e. The molecule has 3 N–H and O–H groups in total. The number of carbonyl (C=O) groups is 1. The molecule has 88 valence electrons. The van der Waals surface area contributed by atoms with E-state index in [1.165, 1.54) is 12.1 Å². The number of rotatable bonds is 2. The lowest BCUT2D eigenvalue weighted by atomic mass is 10.2. The summed E-state index contributed by atoms with van der Waals surface area (Å²) in [6, 6.07) is 5.81. The number of aliphatic hydroxyl groups excluding tert-OH is 1. The minimum absolute atomic E-state index is 0.0178. The number of amides is 1. The molecule has 0 aliphatic rings. The van der Waals surface area contributed by atoms with E-state index in [-0.39, 0.29) is 11.3 Å². The van der Waals surface area contributed by atoms with Crippen molar-refractivity contribution < 1.29 is 15.0 Å². The lowest BCUT2D eigenvalue weighted by Crippen LogP contribution is -2.43. The molecular weight excluding hydrogens is 276 g/mol. The number of phenols is 1. The molecule has 0 radical (unpaired) electrons. The van der Waals surface area contributed by atoms with Gasteiger partial charge in [0.2, 0.25) is 3.79 Å². The summed E-state index contributed by atoms with van der Waals surface area (Å²) in [5.41, 5.74) is -0.0178. The van der Waals surface area contributed by atoms with Gasteiger partial charge in [-0.2, -0.15) is 0 Å². The van der Waals surface area contributed by atoms with E-state index in [0.29, 0.717) is 0 Å². The Labute approximate surface area is 107 Å². The highest BCUT2D eigenvalue weighted by Crippen LogP contribution is 2.29. The fraction of sp³-hybridized carbons (Fsp3) is 0.222. The van der Waals surface area contributed by atoms with Crippen LogP contribution in [0.4, 0.5) is 0 Å². The van der Waals surface area contributed by atoms with Gasteiger partial charge in [0.15, 0.2) is 6.23 Å². The maximum atomic E-state index is 11.5. The third kappa shape index (κ3) is 3.42. The average molecular weight is 285 g/mol. The van der Waals surface area contributed by atoms with Crippen LogP contribution in [-0.2, 0) is 0 Å². The van der Waals surface area contributed by atoms with Gasteiger partial charge in [-0.05, 0) is 12.1 Å². The van der Waals surface area contributed by atoms with Gasteiger partial charge in [0.05, 0.1) is 5.56 Å². The smallest absolute Gasteiger partial charge is 0.257 e. The molecule has 0 aliphatic heterocycles. The quantitative estimate of drug-likeness (QED) is 0.573. The Kier molecular flexibility index (Phi) is 4.27. The van der Waals surface area contributed by atoms with E-state index in [1.54, 1.807) is 12.1 Å². The monoisotopic (exact) mass is 283 g/mol. The number of aromatic hydroxyl groups is 1. The molecule has 1 aromatic carbocycles. The zero-order chi connectivity index (χ0) is 12.3. The number of carbonyl (C=O) groups excluding carboxylic acids is 1. The Hall–Kier alpha value is -0.680. The molecule has 0 bridgehead atoms. The van der Waals surface area contributed by atoms with E-state index in [0.717, 1.165) is 0 Å². The topological polar surface area (TPSA) is 69.6 Å². The van der Waals surface area contributed by atoms with E-state index in [4.69, 9.17) is 34.8 Å². The normalized spacial score (nSPS) is 13.2. The Morgan fingerprint density at radius 2 is 1.88 bits per heavy atom. The number of hydrogen-bond acceptors (Lipinski definition) is 3. The van der Waals surface area contributed by atoms with Gasteiger partial charge in [0, 0.05) is 0 Å². The molecule has 0 fully saturated rings. The van der Waals surface area contributed by atoms with Gasteiger partial charge in [-0.15, -0.1) is 0 Å². The molecule has 1 aromatic rings. The summed E-state index contributed by atoms with van der Waals surface area (Å²) in [6.45, 7) is 0. The maximum absolute atomic E-state index is 11.5. The zero-order valence-electron chi connectivity index (χ0n) is 7.82. The lowest BCUT2D eigenvalue weighted by molar-refractivity contribution is 0.0789. The standard InChI is InChI=1S/C9H8Cl3NO3/c10-9(11,12)8(16)13-7(15)5-3-1-2-4-6(5)14/h1-4,8,14,16H,(H,13,15)/t8-/m1/s1. The van der Waals surface area contributed by atoms with Crippen molar-refractivity contribution in [2.45, 2.75) is 10.0 Å². The predicted molar refractivity (Wildman–Crippen MR) is 61.9 cm³/mol. The highest BCUT2D eigenvalue weighted by atomic mass is 35.6. The van der Waals surface area contributed by atoms with E-state index in [2.05, 4.69) is 0 Å². The molecule has 0 aromatic heterocycles. The van der Waals surface area contributed by atoms with Gasteiger partial charge in [0.1, 0.15) is 5.75 Å². The van der Waals surface area contributed by atoms with Crippen LogP contribution in [0.25, 0.3) is 0 Å². The first-order valence-corrected chi connectivity index (χ1v) is 5.29. The molecule has 7 heteroatoms. The zero-order valence-corrected chi connectivity index (χ0v) is 10.1. The molecule has 0 aliphatic carbocycles. The van der Waals surface area contributed by atoms with Crippen molar-refractivity contribution in [1.82, 2.24) is 5.32 Å². The molecule has 0 saturated heterocycles. The average Bonchev–Trinajstić information content (AvgIpc) is 2.16. The van der Waals surface area contributed by atoms with Crippen molar-refractivity contribution in [2.75, 3.05) is 0 Å². The van der Waals surface area contributed by atoms with Crippen molar-refractivity contribution in [3.8, 4) is 5.75 Å². The van der Waals surface area contributed by atoms with Crippen LogP contribution in [0, 0.1) is 0 Å². The van der Waals surface area contributed by atoms with Gasteiger partial charge in [0.25, 0.3) is 5.91 Å². The fourth-order valence-corrected chi connectivity index (χ4v) is 1.11. The first-order chi connectivity index (χ1) is 7.32. The summed E-state index contributed by atoms with van der Waals surface area (Å²) < 4.78 is -2.03. The number of halogens is 3. The molecule has 1 atom stereocenters. The molecule has 0 spiro atoms. The van der Waals surface area contributed by atoms with E-state index in [1.807, 2.05) is 5.32 Å². The number of benzene rings is 1. The van der Waals surface area contributed by atoms with Gasteiger partial charge < -0.3 is 15.5 Å². The second kappa shape index (κ2) is 5.10. The predicted octanol–water partition coefficient (Wildman–Crippen LogP) is 1.81. The minimum atomic E-state index is -2.03. The number of para-hydroxylation sites is 1. The third-order valence-corrected chi connectivity index (χ3v) is 2.35. The van der Waals surface area contributed by atoms with Crippen molar-refractivity contribution >= 4 is 40.7 Å². The Morgan fingerprint density at radius 1 is 1.31 bits per heavy atom. The van der Waals surface area contributed by atoms with Crippen LogP contribution >= 0.6 is 34.8 Å². The number of alkyl halides is 3.